The maximum Gasteiger partial charge on any atom is 0.0552 e. The first-order valence-electron chi connectivity index (χ1n) is 3.36. The molecule has 57 valence electrons. The van der Waals surface area contributed by atoms with Gasteiger partial charge in [-0.05, 0) is 12.8 Å². The molecule has 1 rings (SSSR count). The van der Waals surface area contributed by atoms with Crippen molar-refractivity contribution in [3.8, 4) is 0 Å². The molecule has 0 unspecified atom stereocenters. The molecule has 0 saturated carbocycles. The molecule has 1 radical (unpaired) electrons. The van der Waals surface area contributed by atoms with Crippen molar-refractivity contribution in [1.29, 1.82) is 0 Å². The van der Waals surface area contributed by atoms with Gasteiger partial charge in [-0.1, -0.05) is 49.2 Å². The van der Waals surface area contributed by atoms with E-state index in [-0.39, 0.29) is 0 Å². The minimum absolute atomic E-state index is 0.637. The van der Waals surface area contributed by atoms with Crippen LogP contribution in [0.15, 0.2) is 22.2 Å². The molecule has 0 aromatic rings. The summed E-state index contributed by atoms with van der Waals surface area (Å²) in [5.41, 5.74) is 0. The van der Waals surface area contributed by atoms with Gasteiger partial charge in [0.2, 0.25) is 0 Å². The smallest absolute Gasteiger partial charge is 0.0552 e. The zero-order valence-corrected chi connectivity index (χ0v) is 7.71. The zero-order valence-electron chi connectivity index (χ0n) is 6.20. The fraction of sp³-hybridized carbons (Fsp3) is 0.375. The van der Waals surface area contributed by atoms with E-state index in [9.17, 15) is 0 Å². The second kappa shape index (κ2) is 5.82. The lowest BCUT2D eigenvalue weighted by Gasteiger charge is -2.00. The summed E-state index contributed by atoms with van der Waals surface area (Å²) in [4.78, 5) is 0. The SMILES string of the molecule is CC.ClC1=C[CH]CC=C1Cl. The first kappa shape index (κ1) is 10.1. The lowest BCUT2D eigenvalue weighted by molar-refractivity contribution is 1.25. The first-order chi connectivity index (χ1) is 4.80. The molecule has 1 aliphatic rings. The molecule has 0 bridgehead atoms. The van der Waals surface area contributed by atoms with Crippen molar-refractivity contribution in [3.05, 3.63) is 28.6 Å². The Morgan fingerprint density at radius 1 is 1.20 bits per heavy atom. The normalized spacial score (nSPS) is 16.4. The van der Waals surface area contributed by atoms with Gasteiger partial charge in [0.1, 0.15) is 0 Å². The highest BCUT2D eigenvalue weighted by Crippen LogP contribution is 2.23. The predicted octanol–water partition coefficient (Wildman–Crippen LogP) is 3.87. The van der Waals surface area contributed by atoms with E-state index in [4.69, 9.17) is 23.2 Å². The van der Waals surface area contributed by atoms with Gasteiger partial charge in [0.05, 0.1) is 10.1 Å². The van der Waals surface area contributed by atoms with Gasteiger partial charge in [-0.25, -0.2) is 0 Å². The van der Waals surface area contributed by atoms with Crippen LogP contribution in [-0.4, -0.2) is 0 Å². The maximum atomic E-state index is 5.61. The van der Waals surface area contributed by atoms with Crippen LogP contribution in [0.3, 0.4) is 0 Å². The molecular weight excluding hydrogens is 167 g/mol. The monoisotopic (exact) mass is 177 g/mol. The summed E-state index contributed by atoms with van der Waals surface area (Å²) in [5, 5.41) is 1.30. The van der Waals surface area contributed by atoms with Gasteiger partial charge in [-0.3, -0.25) is 0 Å². The Kier molecular flexibility index (Phi) is 5.85. The summed E-state index contributed by atoms with van der Waals surface area (Å²) in [7, 11) is 0. The summed E-state index contributed by atoms with van der Waals surface area (Å²) < 4.78 is 0. The molecule has 0 spiro atoms. The van der Waals surface area contributed by atoms with Crippen LogP contribution in [0.5, 0.6) is 0 Å². The van der Waals surface area contributed by atoms with E-state index in [1.807, 2.05) is 32.4 Å². The standard InChI is InChI=1S/C6H5Cl2.C2H6/c7-5-3-1-2-4-6(5)8;1-2/h1,3-4H,2H2;1-2H3. The number of allylic oxidation sites excluding steroid dienone is 4. The van der Waals surface area contributed by atoms with Crippen molar-refractivity contribution in [1.82, 2.24) is 0 Å². The summed E-state index contributed by atoms with van der Waals surface area (Å²) in [6.45, 7) is 4.00. The molecule has 0 heterocycles. The fourth-order valence-corrected chi connectivity index (χ4v) is 0.838. The second-order valence-corrected chi connectivity index (χ2v) is 2.35. The highest BCUT2D eigenvalue weighted by Gasteiger charge is 2.00. The van der Waals surface area contributed by atoms with Crippen LogP contribution in [0, 0.1) is 6.42 Å². The minimum Gasteiger partial charge on any atom is -0.0831 e. The molecule has 0 aromatic carbocycles. The van der Waals surface area contributed by atoms with Gasteiger partial charge in [0, 0.05) is 0 Å². The Hall–Kier alpha value is 0.0600. The topological polar surface area (TPSA) is 0 Å². The Labute approximate surface area is 72.5 Å². The Morgan fingerprint density at radius 3 is 2.10 bits per heavy atom. The molecule has 0 saturated heterocycles. The van der Waals surface area contributed by atoms with E-state index in [2.05, 4.69) is 0 Å². The molecule has 0 fully saturated rings. The van der Waals surface area contributed by atoms with Crippen molar-refractivity contribution >= 4 is 23.2 Å². The molecule has 0 atom stereocenters. The van der Waals surface area contributed by atoms with Crippen LogP contribution in [0.4, 0.5) is 0 Å². The third-order valence-corrected chi connectivity index (χ3v) is 1.71. The molecule has 0 nitrogen and oxygen atoms in total. The molecule has 2 heteroatoms. The van der Waals surface area contributed by atoms with E-state index < -0.39 is 0 Å². The van der Waals surface area contributed by atoms with E-state index in [1.165, 1.54) is 0 Å². The highest BCUT2D eigenvalue weighted by atomic mass is 35.5. The summed E-state index contributed by atoms with van der Waals surface area (Å²) in [6, 6.07) is 0. The van der Waals surface area contributed by atoms with Crippen LogP contribution in [-0.2, 0) is 0 Å². The van der Waals surface area contributed by atoms with Crippen LogP contribution in [0.1, 0.15) is 20.3 Å². The van der Waals surface area contributed by atoms with Gasteiger partial charge in [0.25, 0.3) is 0 Å². The lowest BCUT2D eigenvalue weighted by atomic mass is 10.2. The number of rotatable bonds is 0. The molecule has 0 amide bonds. The van der Waals surface area contributed by atoms with Gasteiger partial charge in [0.15, 0.2) is 0 Å². The number of halogens is 2. The van der Waals surface area contributed by atoms with Crippen molar-refractivity contribution in [2.45, 2.75) is 20.3 Å². The van der Waals surface area contributed by atoms with Crippen LogP contribution >= 0.6 is 23.2 Å². The predicted molar refractivity (Wildman–Crippen MR) is 48.1 cm³/mol. The van der Waals surface area contributed by atoms with Crippen molar-refractivity contribution in [2.24, 2.45) is 0 Å². The molecule has 0 aliphatic heterocycles. The molecule has 10 heavy (non-hydrogen) atoms. The van der Waals surface area contributed by atoms with E-state index in [0.29, 0.717) is 10.1 Å². The molecule has 1 aliphatic carbocycles. The zero-order chi connectivity index (χ0) is 7.98. The van der Waals surface area contributed by atoms with Crippen LogP contribution in [0.2, 0.25) is 0 Å². The van der Waals surface area contributed by atoms with Crippen molar-refractivity contribution in [2.75, 3.05) is 0 Å². The van der Waals surface area contributed by atoms with Gasteiger partial charge >= 0.3 is 0 Å². The highest BCUT2D eigenvalue weighted by molar-refractivity contribution is 6.44. The van der Waals surface area contributed by atoms with Crippen LogP contribution in [0.25, 0.3) is 0 Å². The van der Waals surface area contributed by atoms with E-state index in [1.54, 1.807) is 0 Å². The lowest BCUT2D eigenvalue weighted by Crippen LogP contribution is -1.81. The quantitative estimate of drug-likeness (QED) is 0.528. The van der Waals surface area contributed by atoms with E-state index >= 15 is 0 Å². The van der Waals surface area contributed by atoms with Gasteiger partial charge < -0.3 is 0 Å². The van der Waals surface area contributed by atoms with Crippen molar-refractivity contribution < 1.29 is 0 Å². The average Bonchev–Trinajstić information content (AvgIpc) is 2.00. The fourth-order valence-electron chi connectivity index (χ4n) is 0.520. The second-order valence-electron chi connectivity index (χ2n) is 1.54. The minimum atomic E-state index is 0.637. The summed E-state index contributed by atoms with van der Waals surface area (Å²) in [6.07, 6.45) is 6.55. The largest absolute Gasteiger partial charge is 0.0831 e. The van der Waals surface area contributed by atoms with E-state index in [0.717, 1.165) is 6.42 Å². The maximum absolute atomic E-state index is 5.61. The third-order valence-electron chi connectivity index (χ3n) is 0.925. The Morgan fingerprint density at radius 2 is 1.80 bits per heavy atom. The molecule has 0 aromatic heterocycles. The Bertz CT molecular complexity index is 127. The summed E-state index contributed by atoms with van der Waals surface area (Å²) >= 11 is 11.2. The number of hydrogen-bond acceptors (Lipinski definition) is 0. The molecular formula is C8H11Cl2. The Balaban J connectivity index is 0.000000371. The third kappa shape index (κ3) is 3.28. The summed E-state index contributed by atoms with van der Waals surface area (Å²) in [5.74, 6) is 0. The van der Waals surface area contributed by atoms with Crippen molar-refractivity contribution in [3.63, 3.8) is 0 Å². The van der Waals surface area contributed by atoms with Crippen LogP contribution < -0.4 is 0 Å². The number of hydrogen-bond donors (Lipinski definition) is 0. The van der Waals surface area contributed by atoms with Gasteiger partial charge in [-0.15, -0.1) is 0 Å². The van der Waals surface area contributed by atoms with Gasteiger partial charge in [-0.2, -0.15) is 0 Å². The average molecular weight is 178 g/mol. The molecule has 0 N–H and O–H groups in total. The first-order valence-corrected chi connectivity index (χ1v) is 4.11.